The fourth-order valence-corrected chi connectivity index (χ4v) is 3.29. The summed E-state index contributed by atoms with van der Waals surface area (Å²) in [6.45, 7) is 2.01. The van der Waals surface area contributed by atoms with Crippen molar-refractivity contribution in [3.63, 3.8) is 0 Å². The fourth-order valence-electron chi connectivity index (χ4n) is 3.29. The first-order chi connectivity index (χ1) is 16.4. The molecule has 0 saturated heterocycles. The minimum atomic E-state index is -0.460. The van der Waals surface area contributed by atoms with Crippen molar-refractivity contribution >= 4 is 34.8 Å². The number of methoxy groups -OCH3 is 2. The molecule has 1 aromatic heterocycles. The number of hydrogen-bond donors (Lipinski definition) is 3. The number of rotatable bonds is 10. The van der Waals surface area contributed by atoms with E-state index in [2.05, 4.69) is 16.0 Å². The van der Waals surface area contributed by atoms with Crippen LogP contribution in [0.1, 0.15) is 35.9 Å². The second-order valence-corrected chi connectivity index (χ2v) is 7.29. The minimum Gasteiger partial charge on any atom is -0.494 e. The van der Waals surface area contributed by atoms with Crippen molar-refractivity contribution in [2.24, 2.45) is 0 Å². The molecule has 0 unspecified atom stereocenters. The number of nitrogens with one attached hydrogen (secondary N) is 3. The van der Waals surface area contributed by atoms with Crippen LogP contribution >= 0.6 is 0 Å². The number of furan rings is 1. The number of aryl methyl sites for hydroxylation is 1. The van der Waals surface area contributed by atoms with Crippen LogP contribution in [0.3, 0.4) is 0 Å². The Kier molecular flexibility index (Phi) is 8.28. The maximum absolute atomic E-state index is 12.5. The third-order valence-electron chi connectivity index (χ3n) is 5.04. The van der Waals surface area contributed by atoms with Crippen molar-refractivity contribution in [3.05, 3.63) is 66.1 Å². The van der Waals surface area contributed by atoms with Crippen molar-refractivity contribution < 1.29 is 28.3 Å². The molecule has 9 nitrogen and oxygen atoms in total. The van der Waals surface area contributed by atoms with E-state index < -0.39 is 5.91 Å². The summed E-state index contributed by atoms with van der Waals surface area (Å²) in [6, 6.07) is 13.7. The van der Waals surface area contributed by atoms with E-state index in [-0.39, 0.29) is 30.4 Å². The van der Waals surface area contributed by atoms with Gasteiger partial charge in [-0.25, -0.2) is 0 Å². The fraction of sp³-hybridized carbons (Fsp3) is 0.240. The summed E-state index contributed by atoms with van der Waals surface area (Å²) in [4.78, 5) is 37.1. The van der Waals surface area contributed by atoms with Crippen LogP contribution in [0.5, 0.6) is 11.5 Å². The smallest absolute Gasteiger partial charge is 0.291 e. The molecule has 3 N–H and O–H groups in total. The Labute approximate surface area is 197 Å². The zero-order valence-corrected chi connectivity index (χ0v) is 19.3. The second kappa shape index (κ2) is 11.6. The van der Waals surface area contributed by atoms with Gasteiger partial charge in [-0.1, -0.05) is 25.1 Å². The first-order valence-corrected chi connectivity index (χ1v) is 10.7. The molecule has 3 aromatic rings. The lowest BCUT2D eigenvalue weighted by molar-refractivity contribution is -0.121. The number of amides is 3. The van der Waals surface area contributed by atoms with Crippen LogP contribution in [-0.4, -0.2) is 31.9 Å². The molecule has 3 amide bonds. The average molecular weight is 466 g/mol. The van der Waals surface area contributed by atoms with E-state index in [4.69, 9.17) is 13.9 Å². The lowest BCUT2D eigenvalue weighted by Crippen LogP contribution is -2.18. The van der Waals surface area contributed by atoms with Gasteiger partial charge >= 0.3 is 0 Å². The van der Waals surface area contributed by atoms with Crippen LogP contribution in [0.25, 0.3) is 0 Å². The Bertz CT molecular complexity index is 1160. The Morgan fingerprint density at radius 3 is 1.94 bits per heavy atom. The number of ether oxygens (including phenoxy) is 2. The first-order valence-electron chi connectivity index (χ1n) is 10.7. The molecule has 1 heterocycles. The summed E-state index contributed by atoms with van der Waals surface area (Å²) >= 11 is 0. The van der Waals surface area contributed by atoms with E-state index in [0.29, 0.717) is 22.9 Å². The quantitative estimate of drug-likeness (QED) is 0.407. The van der Waals surface area contributed by atoms with Gasteiger partial charge in [0.15, 0.2) is 5.76 Å². The van der Waals surface area contributed by atoms with Crippen LogP contribution in [0.15, 0.2) is 59.2 Å². The van der Waals surface area contributed by atoms with E-state index in [1.165, 1.54) is 38.7 Å². The summed E-state index contributed by atoms with van der Waals surface area (Å²) in [7, 11) is 2.88. The average Bonchev–Trinajstić information content (AvgIpc) is 3.39. The number of carbonyl (C=O) groups excluding carboxylic acids is 3. The topological polar surface area (TPSA) is 119 Å². The number of carbonyl (C=O) groups is 3. The molecule has 0 bridgehead atoms. The van der Waals surface area contributed by atoms with Crippen molar-refractivity contribution in [1.29, 1.82) is 0 Å². The molecule has 0 spiro atoms. The molecule has 0 aliphatic heterocycles. The molecule has 0 atom stereocenters. The summed E-state index contributed by atoms with van der Waals surface area (Å²) in [5, 5.41) is 8.27. The molecular weight excluding hydrogens is 438 g/mol. The molecule has 178 valence electrons. The predicted molar refractivity (Wildman–Crippen MR) is 129 cm³/mol. The maximum atomic E-state index is 12.5. The number of para-hydroxylation sites is 1. The highest BCUT2D eigenvalue weighted by Crippen LogP contribution is 2.36. The normalized spacial score (nSPS) is 10.3. The number of hydrogen-bond acceptors (Lipinski definition) is 6. The highest BCUT2D eigenvalue weighted by atomic mass is 16.5. The molecule has 0 aliphatic rings. The summed E-state index contributed by atoms with van der Waals surface area (Å²) in [5.41, 5.74) is 2.45. The number of anilines is 3. The monoisotopic (exact) mass is 465 g/mol. The van der Waals surface area contributed by atoms with Gasteiger partial charge in [0.2, 0.25) is 11.8 Å². The summed E-state index contributed by atoms with van der Waals surface area (Å²) < 4.78 is 15.8. The third-order valence-corrected chi connectivity index (χ3v) is 5.04. The Balaban J connectivity index is 1.64. The van der Waals surface area contributed by atoms with Gasteiger partial charge < -0.3 is 29.8 Å². The molecule has 2 aromatic carbocycles. The zero-order valence-electron chi connectivity index (χ0n) is 19.3. The summed E-state index contributed by atoms with van der Waals surface area (Å²) in [6.07, 6.45) is 2.17. The lowest BCUT2D eigenvalue weighted by atomic mass is 10.1. The molecule has 0 radical (unpaired) electrons. The van der Waals surface area contributed by atoms with Gasteiger partial charge in [0.1, 0.15) is 11.5 Å². The number of benzene rings is 2. The molecule has 9 heteroatoms. The van der Waals surface area contributed by atoms with E-state index in [1.54, 1.807) is 6.07 Å². The predicted octanol–water partition coefficient (Wildman–Crippen LogP) is 4.47. The molecule has 34 heavy (non-hydrogen) atoms. The molecule has 3 rings (SSSR count). The Morgan fingerprint density at radius 2 is 1.38 bits per heavy atom. The first kappa shape index (κ1) is 24.4. The van der Waals surface area contributed by atoms with Gasteiger partial charge in [-0.2, -0.15) is 0 Å². The van der Waals surface area contributed by atoms with Crippen LogP contribution in [0, 0.1) is 0 Å². The van der Waals surface area contributed by atoms with Crippen LogP contribution in [0.2, 0.25) is 0 Å². The lowest BCUT2D eigenvalue weighted by Gasteiger charge is -2.16. The second-order valence-electron chi connectivity index (χ2n) is 7.29. The van der Waals surface area contributed by atoms with Gasteiger partial charge in [0, 0.05) is 30.7 Å². The Morgan fingerprint density at radius 1 is 0.794 bits per heavy atom. The van der Waals surface area contributed by atoms with Gasteiger partial charge in [-0.3, -0.25) is 14.4 Å². The highest BCUT2D eigenvalue weighted by molar-refractivity contribution is 6.04. The zero-order chi connectivity index (χ0) is 24.5. The minimum absolute atomic E-state index is 0.0145. The van der Waals surface area contributed by atoms with Crippen LogP contribution in [0.4, 0.5) is 17.1 Å². The van der Waals surface area contributed by atoms with Gasteiger partial charge in [0.25, 0.3) is 5.91 Å². The van der Waals surface area contributed by atoms with Crippen molar-refractivity contribution in [2.45, 2.75) is 26.2 Å². The maximum Gasteiger partial charge on any atom is 0.291 e. The van der Waals surface area contributed by atoms with Crippen molar-refractivity contribution in [1.82, 2.24) is 0 Å². The Hall–Kier alpha value is -4.27. The van der Waals surface area contributed by atoms with Crippen molar-refractivity contribution in [3.8, 4) is 11.5 Å². The van der Waals surface area contributed by atoms with Crippen molar-refractivity contribution in [2.75, 3.05) is 30.2 Å². The molecule has 0 saturated carbocycles. The molecule has 0 fully saturated rings. The van der Waals surface area contributed by atoms with Crippen LogP contribution in [-0.2, 0) is 16.0 Å². The standard InChI is InChI=1S/C25H27N3O6/c1-4-16-8-5-6-9-17(16)26-23(29)11-12-24(30)27-18-14-22(33-3)19(15-21(18)32-2)28-25(31)20-10-7-13-34-20/h5-10,13-15H,4,11-12H2,1-3H3,(H,26,29)(H,27,30)(H,28,31). The van der Waals surface area contributed by atoms with Gasteiger partial charge in [-0.15, -0.1) is 0 Å². The highest BCUT2D eigenvalue weighted by Gasteiger charge is 2.18. The van der Waals surface area contributed by atoms with E-state index in [9.17, 15) is 14.4 Å². The van der Waals surface area contributed by atoms with E-state index in [1.807, 2.05) is 31.2 Å². The largest absolute Gasteiger partial charge is 0.494 e. The van der Waals surface area contributed by atoms with E-state index in [0.717, 1.165) is 17.7 Å². The molecular formula is C25H27N3O6. The summed E-state index contributed by atoms with van der Waals surface area (Å²) in [5.74, 6) is -0.325. The third kappa shape index (κ3) is 6.16. The molecule has 0 aliphatic carbocycles. The van der Waals surface area contributed by atoms with E-state index >= 15 is 0 Å². The van der Waals surface area contributed by atoms with Crippen LogP contribution < -0.4 is 25.4 Å². The van der Waals surface area contributed by atoms with Gasteiger partial charge in [-0.05, 0) is 30.2 Å². The van der Waals surface area contributed by atoms with Gasteiger partial charge in [0.05, 0.1) is 31.9 Å². The SMILES string of the molecule is CCc1ccccc1NC(=O)CCC(=O)Nc1cc(OC)c(NC(=O)c2ccco2)cc1OC.